The zero-order valence-corrected chi connectivity index (χ0v) is 21.0. The van der Waals surface area contributed by atoms with Crippen molar-refractivity contribution in [2.24, 2.45) is 11.0 Å². The molecule has 0 radical (unpaired) electrons. The quantitative estimate of drug-likeness (QED) is 0.181. The zero-order valence-electron chi connectivity index (χ0n) is 19.3. The van der Waals surface area contributed by atoms with Crippen LogP contribution in [-0.4, -0.2) is 21.7 Å². The van der Waals surface area contributed by atoms with Gasteiger partial charge in [-0.2, -0.15) is 5.10 Å². The largest absolute Gasteiger partial charge is 0.348 e. The maximum absolute atomic E-state index is 12.5. The van der Waals surface area contributed by atoms with E-state index in [2.05, 4.69) is 59.9 Å². The van der Waals surface area contributed by atoms with Gasteiger partial charge >= 0.3 is 0 Å². The summed E-state index contributed by atoms with van der Waals surface area (Å²) < 4.78 is 4.55. The van der Waals surface area contributed by atoms with Crippen molar-refractivity contribution in [1.82, 2.24) is 15.0 Å². The molecule has 170 valence electrons. The van der Waals surface area contributed by atoms with Gasteiger partial charge in [0.15, 0.2) is 4.34 Å². The SMILES string of the molecule is Cc1cc(C=NNC(=O)c2ccc(CSc3nc4ccccc4s3)cc2)c(C)n1CC(C)C. The normalized spacial score (nSPS) is 11.7. The Kier molecular flexibility index (Phi) is 7.30. The van der Waals surface area contributed by atoms with E-state index in [4.69, 9.17) is 0 Å². The van der Waals surface area contributed by atoms with Crippen molar-refractivity contribution in [2.45, 2.75) is 44.3 Å². The van der Waals surface area contributed by atoms with Crippen LogP contribution in [0.2, 0.25) is 0 Å². The predicted octanol–water partition coefficient (Wildman–Crippen LogP) is 6.43. The number of benzene rings is 2. The van der Waals surface area contributed by atoms with Crippen molar-refractivity contribution in [2.75, 3.05) is 0 Å². The van der Waals surface area contributed by atoms with Gasteiger partial charge in [-0.1, -0.05) is 49.9 Å². The lowest BCUT2D eigenvalue weighted by molar-refractivity contribution is 0.0955. The summed E-state index contributed by atoms with van der Waals surface area (Å²) in [6.45, 7) is 9.57. The molecule has 1 amide bonds. The third-order valence-corrected chi connectivity index (χ3v) is 7.63. The molecule has 0 aliphatic carbocycles. The molecule has 2 heterocycles. The van der Waals surface area contributed by atoms with E-state index in [1.807, 2.05) is 42.5 Å². The molecule has 0 aliphatic heterocycles. The molecular weight excluding hydrogens is 448 g/mol. The molecule has 2 aromatic carbocycles. The third-order valence-electron chi connectivity index (χ3n) is 5.38. The Balaban J connectivity index is 1.32. The summed E-state index contributed by atoms with van der Waals surface area (Å²) >= 11 is 3.42. The van der Waals surface area contributed by atoms with E-state index in [0.29, 0.717) is 11.5 Å². The topological polar surface area (TPSA) is 59.3 Å². The number of para-hydroxylation sites is 1. The molecule has 0 bridgehead atoms. The molecular formula is C26H28N4OS2. The molecule has 1 N–H and O–H groups in total. The van der Waals surface area contributed by atoms with Crippen LogP contribution >= 0.6 is 23.1 Å². The van der Waals surface area contributed by atoms with Crippen molar-refractivity contribution in [3.63, 3.8) is 0 Å². The summed E-state index contributed by atoms with van der Waals surface area (Å²) in [6.07, 6.45) is 1.72. The molecule has 0 aliphatic rings. The van der Waals surface area contributed by atoms with Gasteiger partial charge in [0, 0.05) is 34.8 Å². The van der Waals surface area contributed by atoms with Crippen LogP contribution in [0.15, 0.2) is 64.0 Å². The van der Waals surface area contributed by atoms with Gasteiger partial charge in [0.25, 0.3) is 5.91 Å². The number of carbonyl (C=O) groups excluding carboxylic acids is 1. The molecule has 0 unspecified atom stereocenters. The number of carbonyl (C=O) groups is 1. The second-order valence-corrected chi connectivity index (χ2v) is 10.7. The third kappa shape index (κ3) is 5.72. The first kappa shape index (κ1) is 23.3. The fourth-order valence-corrected chi connectivity index (χ4v) is 5.66. The number of hydrogen-bond acceptors (Lipinski definition) is 5. The molecule has 33 heavy (non-hydrogen) atoms. The number of hydrogen-bond donors (Lipinski definition) is 1. The van der Waals surface area contributed by atoms with Gasteiger partial charge in [0.1, 0.15) is 0 Å². The molecule has 2 aromatic heterocycles. The minimum atomic E-state index is -0.215. The van der Waals surface area contributed by atoms with E-state index in [0.717, 1.165) is 39.0 Å². The van der Waals surface area contributed by atoms with Crippen LogP contribution in [-0.2, 0) is 12.3 Å². The summed E-state index contributed by atoms with van der Waals surface area (Å²) in [5.74, 6) is 1.17. The summed E-state index contributed by atoms with van der Waals surface area (Å²) in [5.41, 5.74) is 8.81. The van der Waals surface area contributed by atoms with Gasteiger partial charge in [-0.15, -0.1) is 11.3 Å². The second-order valence-electron chi connectivity index (χ2n) is 8.46. The average molecular weight is 477 g/mol. The molecule has 0 spiro atoms. The minimum absolute atomic E-state index is 0.215. The standard InChI is InChI=1S/C26H28N4OS2/c1-17(2)15-30-18(3)13-22(19(30)4)14-27-29-25(31)21-11-9-20(10-12-21)16-32-26-28-23-7-5-6-8-24(23)33-26/h5-14,17H,15-16H2,1-4H3,(H,29,31). The number of aromatic nitrogens is 2. The molecule has 0 atom stereocenters. The Hall–Kier alpha value is -2.90. The molecule has 4 aromatic rings. The summed E-state index contributed by atoms with van der Waals surface area (Å²) in [5, 5.41) is 4.18. The number of thiazole rings is 1. The number of hydrazone groups is 1. The number of nitrogens with zero attached hydrogens (tertiary/aromatic N) is 3. The first-order valence-electron chi connectivity index (χ1n) is 11.0. The average Bonchev–Trinajstić information content (AvgIpc) is 3.33. The first-order valence-corrected chi connectivity index (χ1v) is 12.8. The molecule has 0 fully saturated rings. The summed E-state index contributed by atoms with van der Waals surface area (Å²) in [4.78, 5) is 17.1. The number of nitrogens with one attached hydrogen (secondary N) is 1. The fraction of sp³-hybridized carbons (Fsp3) is 0.269. The van der Waals surface area contributed by atoms with E-state index in [1.54, 1.807) is 29.3 Å². The number of rotatable bonds is 8. The van der Waals surface area contributed by atoms with E-state index in [9.17, 15) is 4.79 Å². The Labute approximate surface area is 202 Å². The highest BCUT2D eigenvalue weighted by Gasteiger charge is 2.10. The van der Waals surface area contributed by atoms with Crippen LogP contribution in [0.5, 0.6) is 0 Å². The lowest BCUT2D eigenvalue weighted by Gasteiger charge is -2.11. The number of thioether (sulfide) groups is 1. The van der Waals surface area contributed by atoms with Gasteiger partial charge in [-0.05, 0) is 55.7 Å². The molecule has 7 heteroatoms. The molecule has 0 saturated heterocycles. The minimum Gasteiger partial charge on any atom is -0.348 e. The monoisotopic (exact) mass is 476 g/mol. The maximum atomic E-state index is 12.5. The van der Waals surface area contributed by atoms with Gasteiger partial charge in [-0.25, -0.2) is 10.4 Å². The Bertz CT molecular complexity index is 1250. The highest BCUT2D eigenvalue weighted by molar-refractivity contribution is 8.00. The molecule has 4 rings (SSSR count). The van der Waals surface area contributed by atoms with E-state index >= 15 is 0 Å². The Morgan fingerprint density at radius 1 is 1.18 bits per heavy atom. The van der Waals surface area contributed by atoms with Gasteiger partial charge in [-0.3, -0.25) is 4.79 Å². The second kappa shape index (κ2) is 10.4. The summed E-state index contributed by atoms with van der Waals surface area (Å²) in [7, 11) is 0. The van der Waals surface area contributed by atoms with Crippen LogP contribution in [0.4, 0.5) is 0 Å². The summed E-state index contributed by atoms with van der Waals surface area (Å²) in [6, 6.07) is 17.9. The maximum Gasteiger partial charge on any atom is 0.271 e. The highest BCUT2D eigenvalue weighted by Crippen LogP contribution is 2.31. The van der Waals surface area contributed by atoms with Crippen molar-refractivity contribution >= 4 is 45.4 Å². The van der Waals surface area contributed by atoms with Crippen molar-refractivity contribution in [3.8, 4) is 0 Å². The highest BCUT2D eigenvalue weighted by atomic mass is 32.2. The number of aryl methyl sites for hydroxylation is 1. The van der Waals surface area contributed by atoms with Crippen molar-refractivity contribution < 1.29 is 4.79 Å². The zero-order chi connectivity index (χ0) is 23.4. The predicted molar refractivity (Wildman–Crippen MR) is 139 cm³/mol. The van der Waals surface area contributed by atoms with Crippen LogP contribution < -0.4 is 5.43 Å². The van der Waals surface area contributed by atoms with E-state index in [1.165, 1.54) is 10.4 Å². The number of amides is 1. The van der Waals surface area contributed by atoms with Crippen LogP contribution in [0.3, 0.4) is 0 Å². The Morgan fingerprint density at radius 2 is 1.94 bits per heavy atom. The van der Waals surface area contributed by atoms with Gasteiger partial charge < -0.3 is 4.57 Å². The number of fused-ring (bicyclic) bond motifs is 1. The van der Waals surface area contributed by atoms with Crippen LogP contribution in [0.25, 0.3) is 10.2 Å². The van der Waals surface area contributed by atoms with Gasteiger partial charge in [0.05, 0.1) is 16.4 Å². The first-order chi connectivity index (χ1) is 15.9. The van der Waals surface area contributed by atoms with Crippen molar-refractivity contribution in [1.29, 1.82) is 0 Å². The van der Waals surface area contributed by atoms with Crippen LogP contribution in [0.1, 0.15) is 46.7 Å². The van der Waals surface area contributed by atoms with Gasteiger partial charge in [0.2, 0.25) is 0 Å². The Morgan fingerprint density at radius 3 is 2.67 bits per heavy atom. The smallest absolute Gasteiger partial charge is 0.271 e. The van der Waals surface area contributed by atoms with E-state index in [-0.39, 0.29) is 5.91 Å². The molecule has 5 nitrogen and oxygen atoms in total. The van der Waals surface area contributed by atoms with Crippen LogP contribution in [0, 0.1) is 19.8 Å². The van der Waals surface area contributed by atoms with E-state index < -0.39 is 0 Å². The fourth-order valence-electron chi connectivity index (χ4n) is 3.64. The lowest BCUT2D eigenvalue weighted by Crippen LogP contribution is -2.17. The molecule has 0 saturated carbocycles. The van der Waals surface area contributed by atoms with Crippen molar-refractivity contribution in [3.05, 3.63) is 82.7 Å². The lowest BCUT2D eigenvalue weighted by atomic mass is 10.1.